The van der Waals surface area contributed by atoms with E-state index in [1.54, 1.807) is 30.3 Å². The van der Waals surface area contributed by atoms with E-state index in [9.17, 15) is 9.18 Å². The van der Waals surface area contributed by atoms with E-state index in [-0.39, 0.29) is 11.1 Å². The Morgan fingerprint density at radius 3 is 2.82 bits per heavy atom. The topological polar surface area (TPSA) is 68.7 Å². The van der Waals surface area contributed by atoms with Gasteiger partial charge in [0, 0.05) is 23.7 Å². The number of para-hydroxylation sites is 1. The smallest absolute Gasteiger partial charge is 0.248 e. The number of rotatable bonds is 3. The van der Waals surface area contributed by atoms with E-state index in [1.165, 1.54) is 12.1 Å². The first-order chi connectivity index (χ1) is 10.7. The number of benzene rings is 2. The SMILES string of the molecule is N#Cc1cccc(NCc2cc(=O)[nH]c3c(F)cccc23)c1. The van der Waals surface area contributed by atoms with Crippen molar-refractivity contribution in [3.63, 3.8) is 0 Å². The molecule has 3 aromatic rings. The van der Waals surface area contributed by atoms with E-state index in [1.807, 2.05) is 6.07 Å². The zero-order chi connectivity index (χ0) is 15.5. The summed E-state index contributed by atoms with van der Waals surface area (Å²) in [5.74, 6) is -0.456. The van der Waals surface area contributed by atoms with Crippen LogP contribution >= 0.6 is 0 Å². The average molecular weight is 293 g/mol. The minimum atomic E-state index is -0.456. The molecule has 0 amide bonds. The zero-order valence-electron chi connectivity index (χ0n) is 11.6. The summed E-state index contributed by atoms with van der Waals surface area (Å²) in [6, 6.07) is 15.2. The second kappa shape index (κ2) is 5.70. The van der Waals surface area contributed by atoms with Crippen LogP contribution in [0.1, 0.15) is 11.1 Å². The number of hydrogen-bond donors (Lipinski definition) is 2. The summed E-state index contributed by atoms with van der Waals surface area (Å²) >= 11 is 0. The van der Waals surface area contributed by atoms with Gasteiger partial charge in [-0.3, -0.25) is 4.79 Å². The van der Waals surface area contributed by atoms with Crippen LogP contribution in [0.2, 0.25) is 0 Å². The van der Waals surface area contributed by atoms with Gasteiger partial charge in [0.1, 0.15) is 5.82 Å². The number of anilines is 1. The lowest BCUT2D eigenvalue weighted by Gasteiger charge is -2.09. The Bertz CT molecular complexity index is 941. The van der Waals surface area contributed by atoms with Gasteiger partial charge in [0.05, 0.1) is 17.1 Å². The van der Waals surface area contributed by atoms with Crippen molar-refractivity contribution in [3.8, 4) is 6.07 Å². The van der Waals surface area contributed by atoms with Gasteiger partial charge >= 0.3 is 0 Å². The molecule has 0 atom stereocenters. The Morgan fingerprint density at radius 2 is 2.00 bits per heavy atom. The molecular weight excluding hydrogens is 281 g/mol. The molecule has 0 spiro atoms. The van der Waals surface area contributed by atoms with E-state index >= 15 is 0 Å². The first-order valence-corrected chi connectivity index (χ1v) is 6.72. The number of aromatic amines is 1. The number of nitrogens with zero attached hydrogens (tertiary/aromatic N) is 1. The highest BCUT2D eigenvalue weighted by Crippen LogP contribution is 2.19. The van der Waals surface area contributed by atoms with Crippen molar-refractivity contribution in [2.75, 3.05) is 5.32 Å². The molecule has 0 radical (unpaired) electrons. The molecule has 5 heteroatoms. The fraction of sp³-hybridized carbons (Fsp3) is 0.0588. The maximum absolute atomic E-state index is 13.8. The van der Waals surface area contributed by atoms with Gasteiger partial charge in [-0.1, -0.05) is 18.2 Å². The van der Waals surface area contributed by atoms with Crippen molar-refractivity contribution in [2.45, 2.75) is 6.54 Å². The Morgan fingerprint density at radius 1 is 1.18 bits per heavy atom. The van der Waals surface area contributed by atoms with Crippen molar-refractivity contribution in [2.24, 2.45) is 0 Å². The average Bonchev–Trinajstić information content (AvgIpc) is 2.54. The van der Waals surface area contributed by atoms with Gasteiger partial charge in [-0.05, 0) is 29.8 Å². The molecule has 0 saturated heterocycles. The third-order valence-corrected chi connectivity index (χ3v) is 3.39. The van der Waals surface area contributed by atoms with Crippen molar-refractivity contribution in [1.82, 2.24) is 4.98 Å². The van der Waals surface area contributed by atoms with Crippen LogP contribution in [0.25, 0.3) is 10.9 Å². The lowest BCUT2D eigenvalue weighted by atomic mass is 10.1. The molecule has 2 aromatic carbocycles. The fourth-order valence-corrected chi connectivity index (χ4v) is 2.36. The summed E-state index contributed by atoms with van der Waals surface area (Å²) in [7, 11) is 0. The monoisotopic (exact) mass is 293 g/mol. The largest absolute Gasteiger partial charge is 0.381 e. The summed E-state index contributed by atoms with van der Waals surface area (Å²) in [6.45, 7) is 0.360. The number of halogens is 1. The van der Waals surface area contributed by atoms with Gasteiger partial charge < -0.3 is 10.3 Å². The molecule has 1 heterocycles. The normalized spacial score (nSPS) is 10.4. The number of H-pyrrole nitrogens is 1. The highest BCUT2D eigenvalue weighted by Gasteiger charge is 2.07. The molecule has 3 rings (SSSR count). The molecule has 0 bridgehead atoms. The first-order valence-electron chi connectivity index (χ1n) is 6.72. The summed E-state index contributed by atoms with van der Waals surface area (Å²) in [4.78, 5) is 14.2. The van der Waals surface area contributed by atoms with Gasteiger partial charge in [0.15, 0.2) is 0 Å². The molecule has 22 heavy (non-hydrogen) atoms. The Kier molecular flexibility index (Phi) is 3.58. The van der Waals surface area contributed by atoms with Crippen molar-refractivity contribution < 1.29 is 4.39 Å². The molecule has 0 saturated carbocycles. The van der Waals surface area contributed by atoms with Crippen LogP contribution in [0.15, 0.2) is 53.3 Å². The highest BCUT2D eigenvalue weighted by atomic mass is 19.1. The first kappa shape index (κ1) is 13.8. The predicted octanol–water partition coefficient (Wildman–Crippen LogP) is 3.15. The number of pyridine rings is 1. The van der Waals surface area contributed by atoms with Gasteiger partial charge in [0.2, 0.25) is 5.56 Å². The minimum Gasteiger partial charge on any atom is -0.381 e. The van der Waals surface area contributed by atoms with Crippen molar-refractivity contribution in [3.05, 3.63) is 75.8 Å². The standard InChI is InChI=1S/C17H12FN3O/c18-15-6-2-5-14-12(8-16(22)21-17(14)15)10-20-13-4-1-3-11(7-13)9-19/h1-8,20H,10H2,(H,21,22). The third kappa shape index (κ3) is 2.67. The highest BCUT2D eigenvalue weighted by molar-refractivity contribution is 5.82. The Labute approximate surface area is 125 Å². The van der Waals surface area contributed by atoms with Crippen molar-refractivity contribution in [1.29, 1.82) is 5.26 Å². The van der Waals surface area contributed by atoms with Crippen LogP contribution in [-0.2, 0) is 6.54 Å². The lowest BCUT2D eigenvalue weighted by Crippen LogP contribution is -2.10. The maximum atomic E-state index is 13.8. The van der Waals surface area contributed by atoms with Crippen LogP contribution in [0.4, 0.5) is 10.1 Å². The summed E-state index contributed by atoms with van der Waals surface area (Å²) in [5.41, 5.74) is 1.87. The number of nitrogens with one attached hydrogen (secondary N) is 2. The van der Waals surface area contributed by atoms with Crippen LogP contribution in [0, 0.1) is 17.1 Å². The maximum Gasteiger partial charge on any atom is 0.248 e. The molecular formula is C17H12FN3O. The van der Waals surface area contributed by atoms with Crippen LogP contribution in [0.5, 0.6) is 0 Å². The Hall–Kier alpha value is -3.13. The Balaban J connectivity index is 1.96. The second-order valence-corrected chi connectivity index (χ2v) is 4.87. The molecule has 0 aliphatic heterocycles. The summed E-state index contributed by atoms with van der Waals surface area (Å²) < 4.78 is 13.8. The van der Waals surface area contributed by atoms with Crippen LogP contribution in [-0.4, -0.2) is 4.98 Å². The number of aromatic nitrogens is 1. The van der Waals surface area contributed by atoms with E-state index < -0.39 is 5.82 Å². The van der Waals surface area contributed by atoms with Gasteiger partial charge in [-0.2, -0.15) is 5.26 Å². The molecule has 1 aromatic heterocycles. The molecule has 108 valence electrons. The molecule has 4 nitrogen and oxygen atoms in total. The van der Waals surface area contributed by atoms with Gasteiger partial charge in [-0.15, -0.1) is 0 Å². The lowest BCUT2D eigenvalue weighted by molar-refractivity contribution is 0.636. The van der Waals surface area contributed by atoms with E-state index in [4.69, 9.17) is 5.26 Å². The third-order valence-electron chi connectivity index (χ3n) is 3.39. The molecule has 0 fully saturated rings. The number of fused-ring (bicyclic) bond motifs is 1. The van der Waals surface area contributed by atoms with E-state index in [0.717, 1.165) is 5.69 Å². The van der Waals surface area contributed by atoms with Crippen molar-refractivity contribution >= 4 is 16.6 Å². The fourth-order valence-electron chi connectivity index (χ4n) is 2.36. The van der Waals surface area contributed by atoms with E-state index in [0.29, 0.717) is 23.1 Å². The van der Waals surface area contributed by atoms with Gasteiger partial charge in [0.25, 0.3) is 0 Å². The molecule has 2 N–H and O–H groups in total. The molecule has 0 aliphatic rings. The van der Waals surface area contributed by atoms with Gasteiger partial charge in [-0.25, -0.2) is 4.39 Å². The van der Waals surface area contributed by atoms with E-state index in [2.05, 4.69) is 16.4 Å². The van der Waals surface area contributed by atoms with Crippen LogP contribution in [0.3, 0.4) is 0 Å². The quantitative estimate of drug-likeness (QED) is 0.779. The number of hydrogen-bond acceptors (Lipinski definition) is 3. The predicted molar refractivity (Wildman–Crippen MR) is 83.0 cm³/mol. The van der Waals surface area contributed by atoms with Crippen LogP contribution < -0.4 is 10.9 Å². The zero-order valence-corrected chi connectivity index (χ0v) is 11.6. The number of nitriles is 1. The molecule has 0 aliphatic carbocycles. The molecule has 0 unspecified atom stereocenters. The summed E-state index contributed by atoms with van der Waals surface area (Å²) in [6.07, 6.45) is 0. The minimum absolute atomic E-state index is 0.206. The second-order valence-electron chi connectivity index (χ2n) is 4.87. The summed E-state index contributed by atoms with van der Waals surface area (Å²) in [5, 5.41) is 12.7.